The van der Waals surface area contributed by atoms with E-state index in [2.05, 4.69) is 13.8 Å². The van der Waals surface area contributed by atoms with E-state index in [0.29, 0.717) is 0 Å². The Balaban J connectivity index is 2.38. The number of ketones is 1. The van der Waals surface area contributed by atoms with Crippen molar-refractivity contribution in [1.29, 1.82) is 0 Å². The molecule has 1 aliphatic rings. The minimum atomic E-state index is -0.0943. The molecular formula is C14H18O2. The highest BCUT2D eigenvalue weighted by molar-refractivity contribution is 5.94. The summed E-state index contributed by atoms with van der Waals surface area (Å²) in [5, 5.41) is 0. The molecule has 2 nitrogen and oxygen atoms in total. The second kappa shape index (κ2) is 3.93. The van der Waals surface area contributed by atoms with Crippen molar-refractivity contribution >= 4 is 5.78 Å². The average Bonchev–Trinajstić information content (AvgIpc) is 2.33. The molecule has 0 bridgehead atoms. The van der Waals surface area contributed by atoms with Gasteiger partial charge in [0.25, 0.3) is 0 Å². The van der Waals surface area contributed by atoms with Gasteiger partial charge < -0.3 is 4.74 Å². The molecule has 1 aromatic carbocycles. The second-order valence-corrected chi connectivity index (χ2v) is 5.09. The summed E-state index contributed by atoms with van der Waals surface area (Å²) in [5.41, 5.74) is 1.85. The van der Waals surface area contributed by atoms with Gasteiger partial charge in [-0.05, 0) is 63.8 Å². The van der Waals surface area contributed by atoms with E-state index in [-0.39, 0.29) is 11.4 Å². The third-order valence-corrected chi connectivity index (χ3v) is 3.08. The lowest BCUT2D eigenvalue weighted by Gasteiger charge is -2.24. The molecule has 2 heteroatoms. The molecule has 1 aromatic rings. The molecule has 2 rings (SSSR count). The Labute approximate surface area is 96.6 Å². The molecule has 0 unspecified atom stereocenters. The fourth-order valence-corrected chi connectivity index (χ4v) is 2.15. The Morgan fingerprint density at radius 2 is 2.12 bits per heavy atom. The summed E-state index contributed by atoms with van der Waals surface area (Å²) in [6.07, 6.45) is 3.17. The molecule has 1 heterocycles. The maximum absolute atomic E-state index is 11.3. The summed E-state index contributed by atoms with van der Waals surface area (Å²) >= 11 is 0. The van der Waals surface area contributed by atoms with Crippen LogP contribution in [-0.4, -0.2) is 11.4 Å². The van der Waals surface area contributed by atoms with Gasteiger partial charge in [-0.3, -0.25) is 4.79 Å². The number of rotatable bonds is 1. The van der Waals surface area contributed by atoms with Crippen molar-refractivity contribution in [3.05, 3.63) is 29.3 Å². The fraction of sp³-hybridized carbons (Fsp3) is 0.500. The SMILES string of the molecule is CC(=O)c1ccc2c(c1)CCCC(C)(C)O2. The molecule has 0 saturated carbocycles. The van der Waals surface area contributed by atoms with Gasteiger partial charge in [-0.25, -0.2) is 0 Å². The van der Waals surface area contributed by atoms with Gasteiger partial charge in [0.15, 0.2) is 5.78 Å². The van der Waals surface area contributed by atoms with Crippen molar-refractivity contribution in [2.75, 3.05) is 0 Å². The zero-order valence-electron chi connectivity index (χ0n) is 10.2. The van der Waals surface area contributed by atoms with Gasteiger partial charge >= 0.3 is 0 Å². The average molecular weight is 218 g/mol. The Hall–Kier alpha value is -1.31. The molecule has 0 fully saturated rings. The molecule has 0 N–H and O–H groups in total. The number of ether oxygens (including phenoxy) is 1. The summed E-state index contributed by atoms with van der Waals surface area (Å²) in [7, 11) is 0. The van der Waals surface area contributed by atoms with E-state index >= 15 is 0 Å². The van der Waals surface area contributed by atoms with Gasteiger partial charge in [-0.1, -0.05) is 0 Å². The van der Waals surface area contributed by atoms with Crippen molar-refractivity contribution in [3.63, 3.8) is 0 Å². The summed E-state index contributed by atoms with van der Waals surface area (Å²) in [6, 6.07) is 5.75. The van der Waals surface area contributed by atoms with Crippen LogP contribution in [0, 0.1) is 0 Å². The molecule has 0 spiro atoms. The lowest BCUT2D eigenvalue weighted by molar-refractivity contribution is 0.101. The largest absolute Gasteiger partial charge is 0.488 e. The van der Waals surface area contributed by atoms with Gasteiger partial charge in [0.05, 0.1) is 0 Å². The maximum atomic E-state index is 11.3. The van der Waals surface area contributed by atoms with E-state index in [1.807, 2.05) is 18.2 Å². The molecule has 0 saturated heterocycles. The molecule has 0 aromatic heterocycles. The van der Waals surface area contributed by atoms with Gasteiger partial charge in [-0.15, -0.1) is 0 Å². The lowest BCUT2D eigenvalue weighted by atomic mass is 10.00. The first-order chi connectivity index (χ1) is 7.48. The zero-order chi connectivity index (χ0) is 11.8. The first-order valence-electron chi connectivity index (χ1n) is 5.81. The van der Waals surface area contributed by atoms with Crippen LogP contribution in [0.2, 0.25) is 0 Å². The van der Waals surface area contributed by atoms with Crippen LogP contribution >= 0.6 is 0 Å². The van der Waals surface area contributed by atoms with Crippen molar-refractivity contribution in [2.24, 2.45) is 0 Å². The van der Waals surface area contributed by atoms with Gasteiger partial charge in [0.2, 0.25) is 0 Å². The maximum Gasteiger partial charge on any atom is 0.159 e. The Kier molecular flexibility index (Phi) is 2.75. The van der Waals surface area contributed by atoms with Crippen LogP contribution in [0.15, 0.2) is 18.2 Å². The van der Waals surface area contributed by atoms with Crippen LogP contribution in [0.5, 0.6) is 5.75 Å². The molecule has 0 aliphatic carbocycles. The third kappa shape index (κ3) is 2.26. The van der Waals surface area contributed by atoms with Gasteiger partial charge in [-0.2, -0.15) is 0 Å². The second-order valence-electron chi connectivity index (χ2n) is 5.09. The summed E-state index contributed by atoms with van der Waals surface area (Å²) in [6.45, 7) is 5.82. The van der Waals surface area contributed by atoms with Crippen LogP contribution in [0.3, 0.4) is 0 Å². The number of carbonyl (C=O) groups is 1. The quantitative estimate of drug-likeness (QED) is 0.675. The van der Waals surface area contributed by atoms with Crippen LogP contribution in [0.1, 0.15) is 49.5 Å². The fourth-order valence-electron chi connectivity index (χ4n) is 2.15. The van der Waals surface area contributed by atoms with E-state index in [4.69, 9.17) is 4.74 Å². The summed E-state index contributed by atoms with van der Waals surface area (Å²) < 4.78 is 5.97. The van der Waals surface area contributed by atoms with Crippen molar-refractivity contribution in [1.82, 2.24) is 0 Å². The molecular weight excluding hydrogens is 200 g/mol. The van der Waals surface area contributed by atoms with Crippen molar-refractivity contribution in [2.45, 2.75) is 45.6 Å². The topological polar surface area (TPSA) is 26.3 Å². The number of aryl methyl sites for hydroxylation is 1. The van der Waals surface area contributed by atoms with E-state index in [0.717, 1.165) is 30.6 Å². The number of fused-ring (bicyclic) bond motifs is 1. The third-order valence-electron chi connectivity index (χ3n) is 3.08. The van der Waals surface area contributed by atoms with E-state index < -0.39 is 0 Å². The van der Waals surface area contributed by atoms with Crippen LogP contribution in [0.25, 0.3) is 0 Å². The van der Waals surface area contributed by atoms with Crippen LogP contribution in [0.4, 0.5) is 0 Å². The molecule has 86 valence electrons. The van der Waals surface area contributed by atoms with Crippen LogP contribution in [-0.2, 0) is 6.42 Å². The number of hydrogen-bond donors (Lipinski definition) is 0. The first-order valence-corrected chi connectivity index (χ1v) is 5.81. The van der Waals surface area contributed by atoms with E-state index in [1.54, 1.807) is 6.92 Å². The van der Waals surface area contributed by atoms with Gasteiger partial charge in [0.1, 0.15) is 11.4 Å². The van der Waals surface area contributed by atoms with E-state index in [9.17, 15) is 4.79 Å². The standard InChI is InChI=1S/C14H18O2/c1-10(15)11-6-7-13-12(9-11)5-4-8-14(2,3)16-13/h6-7,9H,4-5,8H2,1-3H3. The van der Waals surface area contributed by atoms with Gasteiger partial charge in [0, 0.05) is 5.56 Å². The normalized spacial score (nSPS) is 18.2. The van der Waals surface area contributed by atoms with E-state index in [1.165, 1.54) is 5.56 Å². The first kappa shape index (κ1) is 11.2. The predicted octanol–water partition coefficient (Wildman–Crippen LogP) is 3.38. The highest BCUT2D eigenvalue weighted by Gasteiger charge is 2.24. The highest BCUT2D eigenvalue weighted by atomic mass is 16.5. The minimum absolute atomic E-state index is 0.0943. The highest BCUT2D eigenvalue weighted by Crippen LogP contribution is 2.32. The lowest BCUT2D eigenvalue weighted by Crippen LogP contribution is -2.26. The number of carbonyl (C=O) groups excluding carboxylic acids is 1. The number of Topliss-reactive ketones (excluding diaryl/α,β-unsaturated/α-hetero) is 1. The number of benzene rings is 1. The summed E-state index contributed by atoms with van der Waals surface area (Å²) in [5.74, 6) is 1.05. The summed E-state index contributed by atoms with van der Waals surface area (Å²) in [4.78, 5) is 11.3. The molecule has 1 aliphatic heterocycles. The number of hydrogen-bond acceptors (Lipinski definition) is 2. The molecule has 0 atom stereocenters. The Morgan fingerprint density at radius 3 is 2.81 bits per heavy atom. The molecule has 16 heavy (non-hydrogen) atoms. The molecule has 0 amide bonds. The minimum Gasteiger partial charge on any atom is -0.488 e. The monoisotopic (exact) mass is 218 g/mol. The van der Waals surface area contributed by atoms with Crippen LogP contribution < -0.4 is 4.74 Å². The zero-order valence-corrected chi connectivity index (χ0v) is 10.2. The Bertz CT molecular complexity index is 419. The Morgan fingerprint density at radius 1 is 1.38 bits per heavy atom. The van der Waals surface area contributed by atoms with Crippen molar-refractivity contribution in [3.8, 4) is 5.75 Å². The predicted molar refractivity (Wildman–Crippen MR) is 64.1 cm³/mol. The molecule has 0 radical (unpaired) electrons. The van der Waals surface area contributed by atoms with Crippen molar-refractivity contribution < 1.29 is 9.53 Å². The smallest absolute Gasteiger partial charge is 0.159 e.